The lowest BCUT2D eigenvalue weighted by molar-refractivity contribution is -0.385. The van der Waals surface area contributed by atoms with Gasteiger partial charge in [-0.15, -0.1) is 0 Å². The number of nitro groups is 1. The van der Waals surface area contributed by atoms with Gasteiger partial charge in [0.05, 0.1) is 16.7 Å². The average Bonchev–Trinajstić information content (AvgIpc) is 2.38. The first-order valence-electron chi connectivity index (χ1n) is 5.98. The molecule has 1 fully saturated rings. The summed E-state index contributed by atoms with van der Waals surface area (Å²) in [6, 6.07) is 4.17. The maximum absolute atomic E-state index is 13.9. The number of hydrogen-bond donors (Lipinski definition) is 1. The van der Waals surface area contributed by atoms with Crippen molar-refractivity contribution < 1.29 is 9.31 Å². The van der Waals surface area contributed by atoms with E-state index in [0.717, 1.165) is 32.0 Å². The highest BCUT2D eigenvalue weighted by Crippen LogP contribution is 2.26. The van der Waals surface area contributed by atoms with E-state index < -0.39 is 10.7 Å². The minimum absolute atomic E-state index is 0.210. The molecule has 1 saturated heterocycles. The summed E-state index contributed by atoms with van der Waals surface area (Å²) in [4.78, 5) is 11.9. The molecule has 98 valence electrons. The van der Waals surface area contributed by atoms with Crippen LogP contribution in [0.25, 0.3) is 0 Å². The molecule has 0 bridgehead atoms. The van der Waals surface area contributed by atoms with Crippen LogP contribution in [0.3, 0.4) is 0 Å². The molecule has 1 aromatic carbocycles. The molecule has 1 atom stereocenters. The Balaban J connectivity index is 2.20. The van der Waals surface area contributed by atoms with Gasteiger partial charge in [0.2, 0.25) is 0 Å². The van der Waals surface area contributed by atoms with Gasteiger partial charge in [0.25, 0.3) is 5.69 Å². The fourth-order valence-electron chi connectivity index (χ4n) is 2.30. The predicted molar refractivity (Wildman–Crippen MR) is 67.3 cm³/mol. The highest BCUT2D eigenvalue weighted by molar-refractivity contribution is 5.52. The summed E-state index contributed by atoms with van der Waals surface area (Å²) >= 11 is 0. The second-order valence-corrected chi connectivity index (χ2v) is 4.47. The summed E-state index contributed by atoms with van der Waals surface area (Å²) in [5, 5.41) is 13.7. The number of nitro benzene ring substituents is 1. The molecule has 1 N–H and O–H groups in total. The molecule has 18 heavy (non-hydrogen) atoms. The molecule has 0 radical (unpaired) electrons. The standard InChI is InChI=1S/C12H16FN3O2/c1-14-9-3-2-6-15(8-9)12-5-4-10(16(17)18)7-11(12)13/h4-5,7,9,14H,2-3,6,8H2,1H3. The highest BCUT2D eigenvalue weighted by atomic mass is 19.1. The predicted octanol–water partition coefficient (Wildman–Crippen LogP) is 1.92. The number of rotatable bonds is 3. The number of nitrogens with zero attached hydrogens (tertiary/aromatic N) is 2. The van der Waals surface area contributed by atoms with E-state index in [1.807, 2.05) is 11.9 Å². The summed E-state index contributed by atoms with van der Waals surface area (Å²) in [7, 11) is 1.89. The molecule has 1 aliphatic rings. The molecule has 6 heteroatoms. The van der Waals surface area contributed by atoms with Crippen LogP contribution in [0, 0.1) is 15.9 Å². The number of nitrogens with one attached hydrogen (secondary N) is 1. The Morgan fingerprint density at radius 3 is 2.94 bits per heavy atom. The number of anilines is 1. The lowest BCUT2D eigenvalue weighted by Crippen LogP contribution is -2.44. The van der Waals surface area contributed by atoms with E-state index in [-0.39, 0.29) is 5.69 Å². The largest absolute Gasteiger partial charge is 0.368 e. The molecule has 0 saturated carbocycles. The third-order valence-electron chi connectivity index (χ3n) is 3.31. The fourth-order valence-corrected chi connectivity index (χ4v) is 2.30. The van der Waals surface area contributed by atoms with E-state index in [1.54, 1.807) is 0 Å². The van der Waals surface area contributed by atoms with Crippen molar-refractivity contribution in [2.45, 2.75) is 18.9 Å². The quantitative estimate of drug-likeness (QED) is 0.660. The summed E-state index contributed by atoms with van der Waals surface area (Å²) in [6.45, 7) is 1.51. The molecule has 2 rings (SSSR count). The van der Waals surface area contributed by atoms with Gasteiger partial charge in [-0.2, -0.15) is 0 Å². The van der Waals surface area contributed by atoms with E-state index in [9.17, 15) is 14.5 Å². The van der Waals surface area contributed by atoms with E-state index >= 15 is 0 Å². The Morgan fingerprint density at radius 2 is 2.33 bits per heavy atom. The summed E-state index contributed by atoms with van der Waals surface area (Å²) in [5.74, 6) is -0.527. The van der Waals surface area contributed by atoms with E-state index in [4.69, 9.17) is 0 Å². The molecule has 1 aromatic rings. The van der Waals surface area contributed by atoms with E-state index in [1.165, 1.54) is 12.1 Å². The minimum atomic E-state index is -0.584. The normalized spacial score (nSPS) is 19.9. The van der Waals surface area contributed by atoms with Crippen LogP contribution in [0.15, 0.2) is 18.2 Å². The lowest BCUT2D eigenvalue weighted by Gasteiger charge is -2.34. The Kier molecular flexibility index (Phi) is 3.76. The maximum Gasteiger partial charge on any atom is 0.272 e. The van der Waals surface area contributed by atoms with Crippen molar-refractivity contribution in [3.63, 3.8) is 0 Å². The van der Waals surface area contributed by atoms with Crippen LogP contribution in [0.1, 0.15) is 12.8 Å². The number of piperidine rings is 1. The number of non-ortho nitro benzene ring substituents is 1. The third kappa shape index (κ3) is 2.59. The molecule has 0 amide bonds. The second kappa shape index (κ2) is 5.30. The molecule has 0 spiro atoms. The summed E-state index contributed by atoms with van der Waals surface area (Å²) < 4.78 is 13.9. The summed E-state index contributed by atoms with van der Waals surface area (Å²) in [6.07, 6.45) is 2.06. The highest BCUT2D eigenvalue weighted by Gasteiger charge is 2.22. The minimum Gasteiger partial charge on any atom is -0.368 e. The molecular formula is C12H16FN3O2. The summed E-state index contributed by atoms with van der Waals surface area (Å²) in [5.41, 5.74) is 0.235. The molecule has 5 nitrogen and oxygen atoms in total. The second-order valence-electron chi connectivity index (χ2n) is 4.47. The van der Waals surface area contributed by atoms with Crippen LogP contribution in [-0.2, 0) is 0 Å². The molecule has 0 aliphatic carbocycles. The van der Waals surface area contributed by atoms with Gasteiger partial charge in [-0.05, 0) is 26.0 Å². The Hall–Kier alpha value is -1.69. The van der Waals surface area contributed by atoms with Crippen molar-refractivity contribution in [3.8, 4) is 0 Å². The fraction of sp³-hybridized carbons (Fsp3) is 0.500. The van der Waals surface area contributed by atoms with Gasteiger partial charge in [-0.3, -0.25) is 10.1 Å². The van der Waals surface area contributed by atoms with Gasteiger partial charge < -0.3 is 10.2 Å². The third-order valence-corrected chi connectivity index (χ3v) is 3.31. The van der Waals surface area contributed by atoms with Gasteiger partial charge >= 0.3 is 0 Å². The molecule has 0 aromatic heterocycles. The van der Waals surface area contributed by atoms with Crippen LogP contribution in [0.2, 0.25) is 0 Å². The number of likely N-dealkylation sites (N-methyl/N-ethyl adjacent to an activating group) is 1. The average molecular weight is 253 g/mol. The van der Waals surface area contributed by atoms with Crippen molar-refractivity contribution in [2.24, 2.45) is 0 Å². The van der Waals surface area contributed by atoms with Gasteiger partial charge in [0.1, 0.15) is 0 Å². The first-order chi connectivity index (χ1) is 8.61. The van der Waals surface area contributed by atoms with Crippen LogP contribution >= 0.6 is 0 Å². The van der Waals surface area contributed by atoms with Crippen LogP contribution < -0.4 is 10.2 Å². The first-order valence-corrected chi connectivity index (χ1v) is 5.98. The zero-order valence-electron chi connectivity index (χ0n) is 10.2. The maximum atomic E-state index is 13.9. The molecule has 1 heterocycles. The lowest BCUT2D eigenvalue weighted by atomic mass is 10.0. The first kappa shape index (κ1) is 12.8. The zero-order valence-corrected chi connectivity index (χ0v) is 10.2. The van der Waals surface area contributed by atoms with Crippen LogP contribution in [-0.4, -0.2) is 31.1 Å². The van der Waals surface area contributed by atoms with E-state index in [2.05, 4.69) is 5.32 Å². The zero-order chi connectivity index (χ0) is 13.1. The van der Waals surface area contributed by atoms with Gasteiger partial charge in [-0.25, -0.2) is 4.39 Å². The van der Waals surface area contributed by atoms with Crippen LogP contribution in [0.4, 0.5) is 15.8 Å². The molecular weight excluding hydrogens is 237 g/mol. The molecule has 1 aliphatic heterocycles. The van der Waals surface area contributed by atoms with Crippen molar-refractivity contribution in [1.29, 1.82) is 0 Å². The van der Waals surface area contributed by atoms with Crippen LogP contribution in [0.5, 0.6) is 0 Å². The number of hydrogen-bond acceptors (Lipinski definition) is 4. The topological polar surface area (TPSA) is 58.4 Å². The van der Waals surface area contributed by atoms with Gasteiger partial charge in [0.15, 0.2) is 5.82 Å². The van der Waals surface area contributed by atoms with E-state index in [0.29, 0.717) is 11.7 Å². The number of benzene rings is 1. The Labute approximate surface area is 105 Å². The van der Waals surface area contributed by atoms with Gasteiger partial charge in [-0.1, -0.05) is 0 Å². The van der Waals surface area contributed by atoms with Crippen molar-refractivity contribution in [3.05, 3.63) is 34.1 Å². The smallest absolute Gasteiger partial charge is 0.272 e. The van der Waals surface area contributed by atoms with Crippen molar-refractivity contribution in [1.82, 2.24) is 5.32 Å². The number of halogens is 1. The van der Waals surface area contributed by atoms with Gasteiger partial charge in [0, 0.05) is 25.2 Å². The SMILES string of the molecule is CNC1CCCN(c2ccc([N+](=O)[O-])cc2F)C1. The van der Waals surface area contributed by atoms with Crippen molar-refractivity contribution >= 4 is 11.4 Å². The monoisotopic (exact) mass is 253 g/mol. The van der Waals surface area contributed by atoms with Crippen molar-refractivity contribution in [2.75, 3.05) is 25.0 Å². The molecule has 1 unspecified atom stereocenters. The Bertz CT molecular complexity index is 453. The Morgan fingerprint density at radius 1 is 1.56 bits per heavy atom.